The molecule has 3 rings (SSSR count). The number of benzene rings is 2. The van der Waals surface area contributed by atoms with Gasteiger partial charge < -0.3 is 10.2 Å². The van der Waals surface area contributed by atoms with E-state index in [9.17, 15) is 9.59 Å². The fourth-order valence-corrected chi connectivity index (χ4v) is 3.38. The number of rotatable bonds is 4. The molecule has 1 atom stereocenters. The molecule has 4 nitrogen and oxygen atoms in total. The minimum Gasteiger partial charge on any atom is -0.326 e. The van der Waals surface area contributed by atoms with Gasteiger partial charge in [-0.3, -0.25) is 9.59 Å². The number of para-hydroxylation sites is 1. The van der Waals surface area contributed by atoms with Crippen molar-refractivity contribution in [3.05, 3.63) is 58.1 Å². The van der Waals surface area contributed by atoms with E-state index in [0.29, 0.717) is 22.3 Å². The van der Waals surface area contributed by atoms with Crippen molar-refractivity contribution in [1.82, 2.24) is 0 Å². The first-order chi connectivity index (χ1) is 12.0. The smallest absolute Gasteiger partial charge is 0.229 e. The fourth-order valence-electron chi connectivity index (χ4n) is 2.99. The number of carbonyl (C=O) groups excluding carboxylic acids is 2. The van der Waals surface area contributed by atoms with Crippen LogP contribution < -0.4 is 10.2 Å². The third-order valence-corrected chi connectivity index (χ3v) is 4.91. The lowest BCUT2D eigenvalue weighted by Gasteiger charge is -2.18. The van der Waals surface area contributed by atoms with E-state index in [0.717, 1.165) is 17.7 Å². The van der Waals surface area contributed by atoms with Crippen LogP contribution in [0.3, 0.4) is 0 Å². The van der Waals surface area contributed by atoms with Crippen LogP contribution in [0.5, 0.6) is 0 Å². The quantitative estimate of drug-likeness (QED) is 0.850. The molecule has 1 aliphatic rings. The fraction of sp³-hybridized carbons (Fsp3) is 0.263. The number of anilines is 2. The van der Waals surface area contributed by atoms with E-state index in [1.807, 2.05) is 31.2 Å². The van der Waals surface area contributed by atoms with Crippen LogP contribution >= 0.6 is 23.2 Å². The van der Waals surface area contributed by atoms with Gasteiger partial charge >= 0.3 is 0 Å². The molecule has 1 fully saturated rings. The highest BCUT2D eigenvalue weighted by Crippen LogP contribution is 2.33. The first-order valence-corrected chi connectivity index (χ1v) is 8.89. The number of hydrogen-bond acceptors (Lipinski definition) is 2. The molecule has 1 N–H and O–H groups in total. The summed E-state index contributed by atoms with van der Waals surface area (Å²) in [5, 5.41) is 3.88. The van der Waals surface area contributed by atoms with Gasteiger partial charge in [-0.25, -0.2) is 0 Å². The Kier molecular flexibility index (Phi) is 5.30. The molecule has 6 heteroatoms. The number of halogens is 2. The molecule has 2 aromatic carbocycles. The first kappa shape index (κ1) is 17.8. The van der Waals surface area contributed by atoms with Crippen molar-refractivity contribution in [3.8, 4) is 0 Å². The van der Waals surface area contributed by atoms with Crippen molar-refractivity contribution < 1.29 is 9.59 Å². The molecule has 25 heavy (non-hydrogen) atoms. The van der Waals surface area contributed by atoms with Crippen LogP contribution in [-0.2, 0) is 16.0 Å². The van der Waals surface area contributed by atoms with E-state index in [1.165, 1.54) is 4.90 Å². The Bertz CT molecular complexity index is 823. The van der Waals surface area contributed by atoms with Crippen LogP contribution in [0.2, 0.25) is 10.0 Å². The summed E-state index contributed by atoms with van der Waals surface area (Å²) in [4.78, 5) is 26.5. The van der Waals surface area contributed by atoms with Crippen molar-refractivity contribution in [2.24, 2.45) is 5.92 Å². The summed E-state index contributed by atoms with van der Waals surface area (Å²) in [5.74, 6) is -0.713. The predicted molar refractivity (Wildman–Crippen MR) is 101 cm³/mol. The van der Waals surface area contributed by atoms with Gasteiger partial charge in [0.15, 0.2) is 0 Å². The normalized spacial score (nSPS) is 17.0. The average molecular weight is 377 g/mol. The molecule has 0 aromatic heterocycles. The Labute approximate surface area is 156 Å². The summed E-state index contributed by atoms with van der Waals surface area (Å²) in [6.45, 7) is 2.33. The molecule has 0 bridgehead atoms. The second kappa shape index (κ2) is 7.46. The second-order valence-electron chi connectivity index (χ2n) is 6.00. The Hall–Kier alpha value is -2.04. The molecule has 0 spiro atoms. The van der Waals surface area contributed by atoms with Crippen molar-refractivity contribution in [2.75, 3.05) is 16.8 Å². The largest absolute Gasteiger partial charge is 0.326 e. The van der Waals surface area contributed by atoms with Gasteiger partial charge in [-0.15, -0.1) is 0 Å². The Morgan fingerprint density at radius 2 is 2.00 bits per heavy atom. The minimum atomic E-state index is -0.424. The molecule has 1 unspecified atom stereocenters. The summed E-state index contributed by atoms with van der Waals surface area (Å²) in [7, 11) is 0. The van der Waals surface area contributed by atoms with Crippen molar-refractivity contribution >= 4 is 46.4 Å². The van der Waals surface area contributed by atoms with Crippen molar-refractivity contribution in [2.45, 2.75) is 19.8 Å². The zero-order valence-electron chi connectivity index (χ0n) is 13.8. The van der Waals surface area contributed by atoms with Crippen molar-refractivity contribution in [3.63, 3.8) is 0 Å². The molecule has 0 radical (unpaired) electrons. The number of nitrogens with one attached hydrogen (secondary N) is 1. The van der Waals surface area contributed by atoms with Gasteiger partial charge in [0, 0.05) is 23.7 Å². The molecular formula is C19H18Cl2N2O2. The van der Waals surface area contributed by atoms with Crippen LogP contribution in [-0.4, -0.2) is 18.4 Å². The molecule has 1 heterocycles. The Morgan fingerprint density at radius 3 is 2.76 bits per heavy atom. The van der Waals surface area contributed by atoms with Gasteiger partial charge in [-0.05, 0) is 36.2 Å². The van der Waals surface area contributed by atoms with E-state index in [-0.39, 0.29) is 18.2 Å². The molecule has 0 aliphatic carbocycles. The summed E-state index contributed by atoms with van der Waals surface area (Å²) >= 11 is 12.2. The number of amides is 2. The van der Waals surface area contributed by atoms with Crippen LogP contribution in [0.1, 0.15) is 18.9 Å². The number of nitrogens with zero attached hydrogens (tertiary/aromatic N) is 1. The number of hydrogen-bond donors (Lipinski definition) is 1. The molecule has 1 saturated heterocycles. The van der Waals surface area contributed by atoms with Crippen LogP contribution in [0.4, 0.5) is 11.4 Å². The maximum absolute atomic E-state index is 12.6. The number of aryl methyl sites for hydroxylation is 1. The summed E-state index contributed by atoms with van der Waals surface area (Å²) in [6.07, 6.45) is 0.979. The molecule has 1 aliphatic heterocycles. The summed E-state index contributed by atoms with van der Waals surface area (Å²) < 4.78 is 0. The lowest BCUT2D eigenvalue weighted by Crippen LogP contribution is -2.28. The van der Waals surface area contributed by atoms with Gasteiger partial charge in [0.25, 0.3) is 0 Å². The van der Waals surface area contributed by atoms with Gasteiger partial charge in [0.1, 0.15) is 0 Å². The van der Waals surface area contributed by atoms with Crippen LogP contribution in [0, 0.1) is 5.92 Å². The van der Waals surface area contributed by atoms with E-state index in [2.05, 4.69) is 5.32 Å². The Morgan fingerprint density at radius 1 is 1.24 bits per heavy atom. The maximum atomic E-state index is 12.6. The lowest BCUT2D eigenvalue weighted by atomic mass is 10.1. The third kappa shape index (κ3) is 3.80. The average Bonchev–Trinajstić information content (AvgIpc) is 2.99. The van der Waals surface area contributed by atoms with Crippen molar-refractivity contribution in [1.29, 1.82) is 0 Å². The Balaban J connectivity index is 1.76. The van der Waals surface area contributed by atoms with Gasteiger partial charge in [0.05, 0.1) is 16.6 Å². The highest BCUT2D eigenvalue weighted by atomic mass is 35.5. The van der Waals surface area contributed by atoms with Gasteiger partial charge in [0.2, 0.25) is 11.8 Å². The molecule has 2 amide bonds. The van der Waals surface area contributed by atoms with E-state index in [1.54, 1.807) is 18.2 Å². The molecule has 2 aromatic rings. The van der Waals surface area contributed by atoms with Gasteiger partial charge in [-0.1, -0.05) is 48.3 Å². The summed E-state index contributed by atoms with van der Waals surface area (Å²) in [5.41, 5.74) is 2.40. The van der Waals surface area contributed by atoms with E-state index >= 15 is 0 Å². The molecule has 0 saturated carbocycles. The van der Waals surface area contributed by atoms with Crippen LogP contribution in [0.15, 0.2) is 42.5 Å². The lowest BCUT2D eigenvalue weighted by molar-refractivity contribution is -0.122. The monoisotopic (exact) mass is 376 g/mol. The van der Waals surface area contributed by atoms with E-state index < -0.39 is 5.92 Å². The maximum Gasteiger partial charge on any atom is 0.229 e. The third-order valence-electron chi connectivity index (χ3n) is 4.35. The SMILES string of the molecule is CCc1ccccc1NC(=O)C1CC(=O)N(c2cc(Cl)ccc2Cl)C1. The zero-order chi connectivity index (χ0) is 18.0. The summed E-state index contributed by atoms with van der Waals surface area (Å²) in [6, 6.07) is 12.6. The van der Waals surface area contributed by atoms with Gasteiger partial charge in [-0.2, -0.15) is 0 Å². The van der Waals surface area contributed by atoms with E-state index in [4.69, 9.17) is 23.2 Å². The zero-order valence-corrected chi connectivity index (χ0v) is 15.3. The first-order valence-electron chi connectivity index (χ1n) is 8.13. The highest BCUT2D eigenvalue weighted by molar-refractivity contribution is 6.36. The van der Waals surface area contributed by atoms with Crippen LogP contribution in [0.25, 0.3) is 0 Å². The predicted octanol–water partition coefficient (Wildman–Crippen LogP) is 4.55. The molecular weight excluding hydrogens is 359 g/mol. The minimum absolute atomic E-state index is 0.131. The topological polar surface area (TPSA) is 49.4 Å². The number of carbonyl (C=O) groups is 2. The second-order valence-corrected chi connectivity index (χ2v) is 6.84. The highest BCUT2D eigenvalue weighted by Gasteiger charge is 2.36. The standard InChI is InChI=1S/C19H18Cl2N2O2/c1-2-12-5-3-4-6-16(12)22-19(25)13-9-18(24)23(11-13)17-10-14(20)7-8-15(17)21/h3-8,10,13H,2,9,11H2,1H3,(H,22,25). The molecule has 130 valence electrons.